The maximum absolute atomic E-state index is 12.4. The van der Waals surface area contributed by atoms with Crippen LogP contribution >= 0.6 is 0 Å². The molecule has 2 heterocycles. The van der Waals surface area contributed by atoms with E-state index < -0.39 is 22.2 Å². The second kappa shape index (κ2) is 4.45. The van der Waals surface area contributed by atoms with Gasteiger partial charge in [0.25, 0.3) is 0 Å². The first-order chi connectivity index (χ1) is 8.98. The van der Waals surface area contributed by atoms with E-state index in [0.29, 0.717) is 0 Å². The fourth-order valence-electron chi connectivity index (χ4n) is 2.52. The SMILES string of the molecule is O=S(=O)(c1ccc2c(c1)CCN2)N1CC(O)C(O)C1. The molecule has 2 aliphatic heterocycles. The number of benzene rings is 1. The van der Waals surface area contributed by atoms with Crippen molar-refractivity contribution in [2.75, 3.05) is 25.0 Å². The quantitative estimate of drug-likeness (QED) is 0.673. The molecule has 3 N–H and O–H groups in total. The fourth-order valence-corrected chi connectivity index (χ4v) is 4.05. The Balaban J connectivity index is 1.93. The van der Waals surface area contributed by atoms with E-state index in [2.05, 4.69) is 5.32 Å². The lowest BCUT2D eigenvalue weighted by Gasteiger charge is -2.16. The molecule has 1 saturated heterocycles. The van der Waals surface area contributed by atoms with Crippen molar-refractivity contribution in [3.8, 4) is 0 Å². The number of hydrogen-bond acceptors (Lipinski definition) is 5. The van der Waals surface area contributed by atoms with Crippen LogP contribution in [0.15, 0.2) is 23.1 Å². The van der Waals surface area contributed by atoms with Gasteiger partial charge in [0.1, 0.15) is 0 Å². The summed E-state index contributed by atoms with van der Waals surface area (Å²) in [6, 6.07) is 4.99. The summed E-state index contributed by atoms with van der Waals surface area (Å²) in [7, 11) is -3.64. The van der Waals surface area contributed by atoms with Crippen molar-refractivity contribution in [2.45, 2.75) is 23.5 Å². The molecule has 2 unspecified atom stereocenters. The van der Waals surface area contributed by atoms with Gasteiger partial charge in [0, 0.05) is 25.3 Å². The van der Waals surface area contributed by atoms with E-state index in [1.807, 2.05) is 0 Å². The molecule has 0 bridgehead atoms. The molecule has 7 heteroatoms. The van der Waals surface area contributed by atoms with Crippen molar-refractivity contribution >= 4 is 15.7 Å². The third kappa shape index (κ3) is 2.12. The summed E-state index contributed by atoms with van der Waals surface area (Å²) in [4.78, 5) is 0.219. The van der Waals surface area contributed by atoms with Crippen LogP contribution in [0, 0.1) is 0 Å². The highest BCUT2D eigenvalue weighted by Crippen LogP contribution is 2.28. The lowest BCUT2D eigenvalue weighted by molar-refractivity contribution is 0.0572. The largest absolute Gasteiger partial charge is 0.389 e. The van der Waals surface area contributed by atoms with E-state index >= 15 is 0 Å². The molecule has 0 radical (unpaired) electrons. The van der Waals surface area contributed by atoms with Gasteiger partial charge < -0.3 is 15.5 Å². The Hall–Kier alpha value is -1.15. The molecule has 0 aliphatic carbocycles. The van der Waals surface area contributed by atoms with Gasteiger partial charge in [-0.3, -0.25) is 0 Å². The zero-order valence-electron chi connectivity index (χ0n) is 10.3. The van der Waals surface area contributed by atoms with Crippen molar-refractivity contribution in [1.82, 2.24) is 4.31 Å². The van der Waals surface area contributed by atoms with E-state index in [-0.39, 0.29) is 18.0 Å². The van der Waals surface area contributed by atoms with E-state index in [1.54, 1.807) is 18.2 Å². The number of aliphatic hydroxyl groups is 2. The molecule has 3 rings (SSSR count). The number of β-amino-alcohol motifs (C(OH)–C–C–N with tert-alkyl or cyclic N) is 2. The Morgan fingerprint density at radius 3 is 2.58 bits per heavy atom. The van der Waals surface area contributed by atoms with E-state index in [1.165, 1.54) is 0 Å². The predicted octanol–water partition coefficient (Wildman–Crippen LogP) is -0.619. The van der Waals surface area contributed by atoms with Crippen LogP contribution in [0.5, 0.6) is 0 Å². The first-order valence-corrected chi connectivity index (χ1v) is 7.65. The standard InChI is InChI=1S/C12H16N2O4S/c15-11-6-14(7-12(11)16)19(17,18)9-1-2-10-8(5-9)3-4-13-10/h1-2,5,11-13,15-16H,3-4,6-7H2. The molecule has 1 aromatic carbocycles. The molecular weight excluding hydrogens is 268 g/mol. The highest BCUT2D eigenvalue weighted by Gasteiger charge is 2.37. The lowest BCUT2D eigenvalue weighted by atomic mass is 10.2. The second-order valence-electron chi connectivity index (χ2n) is 4.95. The van der Waals surface area contributed by atoms with Crippen molar-refractivity contribution in [1.29, 1.82) is 0 Å². The number of rotatable bonds is 2. The highest BCUT2D eigenvalue weighted by atomic mass is 32.2. The van der Waals surface area contributed by atoms with Gasteiger partial charge in [-0.05, 0) is 30.2 Å². The molecule has 2 aliphatic rings. The third-order valence-corrected chi connectivity index (χ3v) is 5.48. The number of nitrogens with one attached hydrogen (secondary N) is 1. The predicted molar refractivity (Wildman–Crippen MR) is 69.4 cm³/mol. The Morgan fingerprint density at radius 1 is 1.21 bits per heavy atom. The monoisotopic (exact) mass is 284 g/mol. The minimum Gasteiger partial charge on any atom is -0.389 e. The van der Waals surface area contributed by atoms with Gasteiger partial charge in [0.2, 0.25) is 10.0 Å². The van der Waals surface area contributed by atoms with Crippen LogP contribution in [0.3, 0.4) is 0 Å². The Bertz CT molecular complexity index is 592. The lowest BCUT2D eigenvalue weighted by Crippen LogP contribution is -2.30. The molecule has 0 spiro atoms. The summed E-state index contributed by atoms with van der Waals surface area (Å²) >= 11 is 0. The summed E-state index contributed by atoms with van der Waals surface area (Å²) in [6.45, 7) is 0.706. The number of hydrogen-bond donors (Lipinski definition) is 3. The van der Waals surface area contributed by atoms with Crippen LogP contribution in [-0.4, -0.2) is 54.8 Å². The highest BCUT2D eigenvalue weighted by molar-refractivity contribution is 7.89. The first-order valence-electron chi connectivity index (χ1n) is 6.21. The summed E-state index contributed by atoms with van der Waals surface area (Å²) in [6.07, 6.45) is -1.21. The van der Waals surface area contributed by atoms with Crippen molar-refractivity contribution in [3.63, 3.8) is 0 Å². The maximum Gasteiger partial charge on any atom is 0.243 e. The second-order valence-corrected chi connectivity index (χ2v) is 6.89. The molecule has 0 aromatic heterocycles. The molecule has 19 heavy (non-hydrogen) atoms. The molecule has 0 saturated carbocycles. The smallest absolute Gasteiger partial charge is 0.243 e. The van der Waals surface area contributed by atoms with Crippen LogP contribution in [0.1, 0.15) is 5.56 Å². The number of anilines is 1. The molecular formula is C12H16N2O4S. The van der Waals surface area contributed by atoms with Crippen molar-refractivity contribution < 1.29 is 18.6 Å². The van der Waals surface area contributed by atoms with Gasteiger partial charge in [-0.25, -0.2) is 8.42 Å². The van der Waals surface area contributed by atoms with Gasteiger partial charge in [-0.15, -0.1) is 0 Å². The van der Waals surface area contributed by atoms with Gasteiger partial charge >= 0.3 is 0 Å². The number of aliphatic hydroxyl groups excluding tert-OH is 2. The third-order valence-electron chi connectivity index (χ3n) is 3.65. The molecule has 1 fully saturated rings. The zero-order valence-corrected chi connectivity index (χ0v) is 11.1. The molecule has 6 nitrogen and oxygen atoms in total. The molecule has 104 valence electrons. The van der Waals surface area contributed by atoms with Crippen LogP contribution in [0.25, 0.3) is 0 Å². The minimum atomic E-state index is -3.64. The van der Waals surface area contributed by atoms with Crippen LogP contribution < -0.4 is 5.32 Å². The fraction of sp³-hybridized carbons (Fsp3) is 0.500. The Morgan fingerprint density at radius 2 is 1.89 bits per heavy atom. The molecule has 2 atom stereocenters. The van der Waals surface area contributed by atoms with Gasteiger partial charge in [-0.2, -0.15) is 4.31 Å². The van der Waals surface area contributed by atoms with Crippen LogP contribution in [0.2, 0.25) is 0 Å². The number of nitrogens with zero attached hydrogens (tertiary/aromatic N) is 1. The van der Waals surface area contributed by atoms with E-state index in [0.717, 1.165) is 28.5 Å². The topological polar surface area (TPSA) is 89.9 Å². The van der Waals surface area contributed by atoms with Crippen molar-refractivity contribution in [3.05, 3.63) is 23.8 Å². The summed E-state index contributed by atoms with van der Waals surface area (Å²) in [5.74, 6) is 0. The normalized spacial score (nSPS) is 27.3. The minimum absolute atomic E-state index is 0.0567. The van der Waals surface area contributed by atoms with Gasteiger partial charge in [0.05, 0.1) is 17.1 Å². The summed E-state index contributed by atoms with van der Waals surface area (Å²) in [5.41, 5.74) is 1.96. The maximum atomic E-state index is 12.4. The summed E-state index contributed by atoms with van der Waals surface area (Å²) in [5, 5.41) is 22.1. The van der Waals surface area contributed by atoms with Crippen LogP contribution in [-0.2, 0) is 16.4 Å². The zero-order chi connectivity index (χ0) is 13.6. The van der Waals surface area contributed by atoms with Crippen LogP contribution in [0.4, 0.5) is 5.69 Å². The van der Waals surface area contributed by atoms with Crippen molar-refractivity contribution in [2.24, 2.45) is 0 Å². The Labute approximate surface area is 111 Å². The molecule has 0 amide bonds. The first kappa shape index (κ1) is 12.9. The number of fused-ring (bicyclic) bond motifs is 1. The number of sulfonamides is 1. The average molecular weight is 284 g/mol. The van der Waals surface area contributed by atoms with Gasteiger partial charge in [0.15, 0.2) is 0 Å². The average Bonchev–Trinajstić information content (AvgIpc) is 2.96. The Kier molecular flexibility index (Phi) is 3.01. The molecule has 1 aromatic rings. The van der Waals surface area contributed by atoms with E-state index in [9.17, 15) is 18.6 Å². The van der Waals surface area contributed by atoms with Gasteiger partial charge in [-0.1, -0.05) is 0 Å². The summed E-state index contributed by atoms with van der Waals surface area (Å²) < 4.78 is 25.9. The van der Waals surface area contributed by atoms with E-state index in [4.69, 9.17) is 0 Å².